The highest BCUT2D eigenvalue weighted by atomic mass is 32.1. The molecule has 0 spiro atoms. The van der Waals surface area contributed by atoms with Gasteiger partial charge in [0, 0.05) is 10.9 Å². The van der Waals surface area contributed by atoms with Crippen LogP contribution in [0.3, 0.4) is 0 Å². The standard InChI is InChI=1S/C18H18N2O2S/c1-11-4-5-12(2)15(8-11)18(21)19-9-14-6-7-17(22-14)16-10-23-13(3)20-16/h4-8,10H,9H2,1-3H3,(H,19,21). The van der Waals surface area contributed by atoms with Gasteiger partial charge in [0.1, 0.15) is 11.5 Å². The number of hydrogen-bond acceptors (Lipinski definition) is 4. The van der Waals surface area contributed by atoms with Crippen LogP contribution in [-0.4, -0.2) is 10.9 Å². The number of nitrogens with one attached hydrogen (secondary N) is 1. The van der Waals surface area contributed by atoms with E-state index in [-0.39, 0.29) is 5.91 Å². The van der Waals surface area contributed by atoms with E-state index in [2.05, 4.69) is 10.3 Å². The third-order valence-electron chi connectivity index (χ3n) is 3.59. The molecule has 0 aliphatic rings. The third kappa shape index (κ3) is 3.51. The van der Waals surface area contributed by atoms with Crippen molar-refractivity contribution in [3.8, 4) is 11.5 Å². The van der Waals surface area contributed by atoms with E-state index in [1.165, 1.54) is 0 Å². The summed E-state index contributed by atoms with van der Waals surface area (Å²) in [5.41, 5.74) is 3.57. The minimum Gasteiger partial charge on any atom is -0.458 e. The average molecular weight is 326 g/mol. The zero-order chi connectivity index (χ0) is 16.4. The molecule has 0 atom stereocenters. The van der Waals surface area contributed by atoms with Gasteiger partial charge in [0.25, 0.3) is 5.91 Å². The van der Waals surface area contributed by atoms with E-state index in [1.54, 1.807) is 11.3 Å². The number of hydrogen-bond donors (Lipinski definition) is 1. The molecule has 1 aromatic carbocycles. The molecule has 0 unspecified atom stereocenters. The summed E-state index contributed by atoms with van der Waals surface area (Å²) < 4.78 is 5.75. The topological polar surface area (TPSA) is 55.1 Å². The van der Waals surface area contributed by atoms with Gasteiger partial charge in [-0.05, 0) is 44.5 Å². The van der Waals surface area contributed by atoms with Crippen LogP contribution in [0, 0.1) is 20.8 Å². The second-order valence-electron chi connectivity index (χ2n) is 5.52. The van der Waals surface area contributed by atoms with Crippen LogP contribution < -0.4 is 5.32 Å². The van der Waals surface area contributed by atoms with Crippen molar-refractivity contribution in [2.45, 2.75) is 27.3 Å². The molecule has 118 valence electrons. The first-order valence-corrected chi connectivity index (χ1v) is 8.27. The molecule has 1 amide bonds. The summed E-state index contributed by atoms with van der Waals surface area (Å²) in [7, 11) is 0. The number of carbonyl (C=O) groups excluding carboxylic acids is 1. The number of benzene rings is 1. The summed E-state index contributed by atoms with van der Waals surface area (Å²) in [6, 6.07) is 9.61. The zero-order valence-corrected chi connectivity index (χ0v) is 14.2. The molecule has 5 heteroatoms. The van der Waals surface area contributed by atoms with E-state index < -0.39 is 0 Å². The van der Waals surface area contributed by atoms with Gasteiger partial charge in [-0.15, -0.1) is 11.3 Å². The molecule has 0 radical (unpaired) electrons. The Morgan fingerprint density at radius 1 is 1.22 bits per heavy atom. The van der Waals surface area contributed by atoms with E-state index in [0.29, 0.717) is 17.9 Å². The van der Waals surface area contributed by atoms with Crippen LogP contribution in [0.5, 0.6) is 0 Å². The van der Waals surface area contributed by atoms with Crippen LogP contribution in [0.4, 0.5) is 0 Å². The summed E-state index contributed by atoms with van der Waals surface area (Å²) in [4.78, 5) is 16.7. The Balaban J connectivity index is 1.68. The maximum Gasteiger partial charge on any atom is 0.251 e. The summed E-state index contributed by atoms with van der Waals surface area (Å²) in [6.07, 6.45) is 0. The second-order valence-corrected chi connectivity index (χ2v) is 6.58. The van der Waals surface area contributed by atoms with Crippen LogP contribution in [0.25, 0.3) is 11.5 Å². The normalized spacial score (nSPS) is 10.7. The molecule has 3 aromatic rings. The minimum absolute atomic E-state index is 0.0892. The van der Waals surface area contributed by atoms with Crippen LogP contribution in [-0.2, 0) is 6.54 Å². The SMILES string of the molecule is Cc1ccc(C)c(C(=O)NCc2ccc(-c3csc(C)n3)o2)c1. The smallest absolute Gasteiger partial charge is 0.251 e. The average Bonchev–Trinajstić information content (AvgIpc) is 3.16. The molecule has 0 saturated heterocycles. The molecule has 0 aliphatic carbocycles. The van der Waals surface area contributed by atoms with Gasteiger partial charge in [0.05, 0.1) is 11.6 Å². The van der Waals surface area contributed by atoms with Crippen molar-refractivity contribution >= 4 is 17.2 Å². The first-order chi connectivity index (χ1) is 11.0. The fourth-order valence-corrected chi connectivity index (χ4v) is 2.93. The Morgan fingerprint density at radius 3 is 2.78 bits per heavy atom. The van der Waals surface area contributed by atoms with Crippen molar-refractivity contribution < 1.29 is 9.21 Å². The Kier molecular flexibility index (Phi) is 4.30. The monoisotopic (exact) mass is 326 g/mol. The van der Waals surface area contributed by atoms with E-state index in [0.717, 1.165) is 27.6 Å². The summed E-state index contributed by atoms with van der Waals surface area (Å²) in [5.74, 6) is 1.35. The van der Waals surface area contributed by atoms with Gasteiger partial charge in [-0.1, -0.05) is 17.7 Å². The van der Waals surface area contributed by atoms with E-state index in [1.807, 2.05) is 56.5 Å². The first-order valence-electron chi connectivity index (χ1n) is 7.39. The number of amides is 1. The lowest BCUT2D eigenvalue weighted by molar-refractivity contribution is 0.0947. The maximum atomic E-state index is 12.3. The molecule has 0 aliphatic heterocycles. The van der Waals surface area contributed by atoms with Crippen LogP contribution in [0.1, 0.15) is 32.3 Å². The summed E-state index contributed by atoms with van der Waals surface area (Å²) in [6.45, 7) is 6.23. The highest BCUT2D eigenvalue weighted by Crippen LogP contribution is 2.23. The fraction of sp³-hybridized carbons (Fsp3) is 0.222. The number of carbonyl (C=O) groups is 1. The Labute approximate surface area is 139 Å². The maximum absolute atomic E-state index is 12.3. The van der Waals surface area contributed by atoms with Crippen molar-refractivity contribution in [1.82, 2.24) is 10.3 Å². The van der Waals surface area contributed by atoms with Gasteiger partial charge < -0.3 is 9.73 Å². The number of thiazole rings is 1. The quantitative estimate of drug-likeness (QED) is 0.779. The first kappa shape index (κ1) is 15.5. The lowest BCUT2D eigenvalue weighted by Crippen LogP contribution is -2.23. The van der Waals surface area contributed by atoms with Gasteiger partial charge in [-0.25, -0.2) is 4.98 Å². The number of aromatic nitrogens is 1. The highest BCUT2D eigenvalue weighted by Gasteiger charge is 2.11. The predicted molar refractivity (Wildman–Crippen MR) is 91.6 cm³/mol. The van der Waals surface area contributed by atoms with Gasteiger partial charge >= 0.3 is 0 Å². The molecule has 2 heterocycles. The van der Waals surface area contributed by atoms with Crippen molar-refractivity contribution in [1.29, 1.82) is 0 Å². The number of rotatable bonds is 4. The van der Waals surface area contributed by atoms with Gasteiger partial charge in [0.15, 0.2) is 5.76 Å². The summed E-state index contributed by atoms with van der Waals surface area (Å²) in [5, 5.41) is 5.87. The highest BCUT2D eigenvalue weighted by molar-refractivity contribution is 7.09. The number of nitrogens with zero attached hydrogens (tertiary/aromatic N) is 1. The van der Waals surface area contributed by atoms with Crippen molar-refractivity contribution in [2.24, 2.45) is 0 Å². The predicted octanol–water partition coefficient (Wildman–Crippen LogP) is 4.26. The molecule has 1 N–H and O–H groups in total. The fourth-order valence-electron chi connectivity index (χ4n) is 2.33. The molecular formula is C18H18N2O2S. The Bertz CT molecular complexity index is 848. The zero-order valence-electron chi connectivity index (χ0n) is 13.3. The van der Waals surface area contributed by atoms with Crippen LogP contribution in [0.15, 0.2) is 40.1 Å². The number of aryl methyl sites for hydroxylation is 3. The molecule has 2 aromatic heterocycles. The molecule has 0 fully saturated rings. The van der Waals surface area contributed by atoms with Gasteiger partial charge in [-0.2, -0.15) is 0 Å². The lowest BCUT2D eigenvalue weighted by Gasteiger charge is -2.07. The van der Waals surface area contributed by atoms with E-state index in [4.69, 9.17) is 4.42 Å². The lowest BCUT2D eigenvalue weighted by atomic mass is 10.1. The van der Waals surface area contributed by atoms with Crippen molar-refractivity contribution in [2.75, 3.05) is 0 Å². The largest absolute Gasteiger partial charge is 0.458 e. The molecule has 0 bridgehead atoms. The van der Waals surface area contributed by atoms with E-state index >= 15 is 0 Å². The van der Waals surface area contributed by atoms with Crippen molar-refractivity contribution in [3.63, 3.8) is 0 Å². The van der Waals surface area contributed by atoms with E-state index in [9.17, 15) is 4.79 Å². The Hall–Kier alpha value is -2.40. The van der Waals surface area contributed by atoms with Crippen LogP contribution >= 0.6 is 11.3 Å². The molecule has 4 nitrogen and oxygen atoms in total. The van der Waals surface area contributed by atoms with Gasteiger partial charge in [0.2, 0.25) is 0 Å². The number of furan rings is 1. The van der Waals surface area contributed by atoms with Crippen LogP contribution in [0.2, 0.25) is 0 Å². The third-order valence-corrected chi connectivity index (χ3v) is 4.37. The Morgan fingerprint density at radius 2 is 2.04 bits per heavy atom. The molecule has 23 heavy (non-hydrogen) atoms. The summed E-state index contributed by atoms with van der Waals surface area (Å²) >= 11 is 1.59. The minimum atomic E-state index is -0.0892. The molecule has 0 saturated carbocycles. The van der Waals surface area contributed by atoms with Gasteiger partial charge in [-0.3, -0.25) is 4.79 Å². The second kappa shape index (κ2) is 6.38. The van der Waals surface area contributed by atoms with Crippen molar-refractivity contribution in [3.05, 3.63) is 63.2 Å². The molecule has 3 rings (SSSR count). The molecular weight excluding hydrogens is 308 g/mol.